The number of benzene rings is 2. The van der Waals surface area contributed by atoms with Gasteiger partial charge in [0.1, 0.15) is 0 Å². The van der Waals surface area contributed by atoms with Crippen molar-refractivity contribution in [1.82, 2.24) is 24.5 Å². The second-order valence-corrected chi connectivity index (χ2v) is 8.40. The Bertz CT molecular complexity index is 1520. The van der Waals surface area contributed by atoms with Gasteiger partial charge in [0.25, 0.3) is 11.8 Å². The molecule has 170 valence electrons. The minimum absolute atomic E-state index is 0.158. The van der Waals surface area contributed by atoms with Crippen molar-refractivity contribution in [2.75, 3.05) is 13.6 Å². The monoisotopic (exact) mass is 454 g/mol. The van der Waals surface area contributed by atoms with Gasteiger partial charge < -0.3 is 15.7 Å². The average Bonchev–Trinajstić information content (AvgIpc) is 3.50. The van der Waals surface area contributed by atoms with Crippen molar-refractivity contribution in [2.24, 2.45) is 12.8 Å². The first-order valence-corrected chi connectivity index (χ1v) is 10.7. The van der Waals surface area contributed by atoms with Crippen LogP contribution in [-0.4, -0.2) is 60.6 Å². The Hall–Kier alpha value is -4.42. The van der Waals surface area contributed by atoms with Gasteiger partial charge in [-0.1, -0.05) is 24.0 Å². The number of nitrogens with zero attached hydrogens (tertiary/aromatic N) is 5. The number of carbonyl (C=O) groups excluding carboxylic acids is 2. The number of fused-ring (bicyclic) bond motifs is 1. The van der Waals surface area contributed by atoms with Crippen LogP contribution in [0.4, 0.5) is 0 Å². The van der Waals surface area contributed by atoms with Crippen molar-refractivity contribution in [1.29, 1.82) is 0 Å². The third kappa shape index (κ3) is 3.60. The van der Waals surface area contributed by atoms with E-state index < -0.39 is 17.4 Å². The van der Waals surface area contributed by atoms with E-state index in [1.54, 1.807) is 40.8 Å². The van der Waals surface area contributed by atoms with Crippen molar-refractivity contribution in [3.8, 4) is 28.7 Å². The first-order chi connectivity index (χ1) is 16.2. The highest BCUT2D eigenvalue weighted by molar-refractivity contribution is 6.05. The van der Waals surface area contributed by atoms with E-state index in [-0.39, 0.29) is 12.1 Å². The summed E-state index contributed by atoms with van der Waals surface area (Å²) < 4.78 is 3.34. The Balaban J connectivity index is 1.57. The lowest BCUT2D eigenvalue weighted by atomic mass is 10.0. The predicted octanol–water partition coefficient (Wildman–Crippen LogP) is 1.47. The van der Waals surface area contributed by atoms with E-state index in [1.165, 1.54) is 4.90 Å². The molecule has 2 aromatic heterocycles. The van der Waals surface area contributed by atoms with Crippen LogP contribution >= 0.6 is 0 Å². The summed E-state index contributed by atoms with van der Waals surface area (Å²) in [5, 5.41) is 19.9. The summed E-state index contributed by atoms with van der Waals surface area (Å²) in [6.07, 6.45) is 3.90. The maximum absolute atomic E-state index is 12.2. The molecular weight excluding hydrogens is 432 g/mol. The van der Waals surface area contributed by atoms with Crippen LogP contribution in [0.5, 0.6) is 0 Å². The van der Waals surface area contributed by atoms with Gasteiger partial charge in [-0.3, -0.25) is 14.3 Å². The molecule has 5 rings (SSSR count). The largest absolute Gasteiger partial charge is 0.369 e. The molecule has 0 aliphatic carbocycles. The molecule has 1 aliphatic heterocycles. The number of aromatic nitrogens is 4. The van der Waals surface area contributed by atoms with E-state index in [2.05, 4.69) is 22.0 Å². The third-order valence-electron chi connectivity index (χ3n) is 5.97. The molecule has 0 unspecified atom stereocenters. The van der Waals surface area contributed by atoms with Crippen LogP contribution in [0.25, 0.3) is 27.7 Å². The number of likely N-dealkylation sites (N-methyl/N-ethyl adjacent to an activating group) is 1. The molecule has 4 aromatic rings. The standard InChI is InChI=1S/C25H22N6O3/c1-29-11-10-25(34,24(29)33)9-8-16-4-3-5-19(12-16)31-21-7-6-17(18-14-27-30(2)15-18)13-20(21)22(28-31)23(26)32/h3-7,12-15,34H,10-11H2,1-2H3,(H2,26,32)/t25-/m0/s1. The highest BCUT2D eigenvalue weighted by atomic mass is 16.3. The summed E-state index contributed by atoms with van der Waals surface area (Å²) in [7, 11) is 3.48. The molecule has 2 amide bonds. The Labute approximate surface area is 195 Å². The molecule has 34 heavy (non-hydrogen) atoms. The van der Waals surface area contributed by atoms with Gasteiger partial charge in [-0.05, 0) is 35.9 Å². The average molecular weight is 454 g/mol. The molecule has 9 heteroatoms. The molecule has 1 aliphatic rings. The summed E-state index contributed by atoms with van der Waals surface area (Å²) in [6, 6.07) is 12.9. The van der Waals surface area contributed by atoms with Crippen LogP contribution in [-0.2, 0) is 11.8 Å². The van der Waals surface area contributed by atoms with Gasteiger partial charge in [-0.25, -0.2) is 4.68 Å². The maximum atomic E-state index is 12.2. The lowest BCUT2D eigenvalue weighted by Crippen LogP contribution is -2.37. The van der Waals surface area contributed by atoms with E-state index in [4.69, 9.17) is 5.73 Å². The van der Waals surface area contributed by atoms with Crippen LogP contribution in [0.15, 0.2) is 54.9 Å². The number of aliphatic hydroxyl groups is 1. The number of likely N-dealkylation sites (tertiary alicyclic amines) is 1. The second-order valence-electron chi connectivity index (χ2n) is 8.40. The molecule has 9 nitrogen and oxygen atoms in total. The summed E-state index contributed by atoms with van der Waals surface area (Å²) in [5.41, 5.74) is 7.89. The fraction of sp³-hybridized carbons (Fsp3) is 0.200. The van der Waals surface area contributed by atoms with Gasteiger partial charge in [-0.2, -0.15) is 10.2 Å². The normalized spacial score (nSPS) is 17.7. The molecule has 1 fully saturated rings. The van der Waals surface area contributed by atoms with E-state index in [9.17, 15) is 14.7 Å². The Morgan fingerprint density at radius 2 is 2.00 bits per heavy atom. The number of aryl methyl sites for hydroxylation is 1. The Kier molecular flexibility index (Phi) is 4.96. The molecule has 0 saturated carbocycles. The number of hydrogen-bond acceptors (Lipinski definition) is 5. The molecule has 0 bridgehead atoms. The summed E-state index contributed by atoms with van der Waals surface area (Å²) in [4.78, 5) is 25.8. The van der Waals surface area contributed by atoms with Crippen LogP contribution < -0.4 is 5.73 Å². The van der Waals surface area contributed by atoms with Gasteiger partial charge in [0.2, 0.25) is 5.60 Å². The van der Waals surface area contributed by atoms with Gasteiger partial charge in [0.05, 0.1) is 17.4 Å². The van der Waals surface area contributed by atoms with Crippen molar-refractivity contribution in [3.05, 3.63) is 66.1 Å². The van der Waals surface area contributed by atoms with Crippen molar-refractivity contribution < 1.29 is 14.7 Å². The zero-order chi connectivity index (χ0) is 24.0. The fourth-order valence-corrected chi connectivity index (χ4v) is 4.11. The smallest absolute Gasteiger partial charge is 0.269 e. The van der Waals surface area contributed by atoms with E-state index in [0.29, 0.717) is 28.7 Å². The van der Waals surface area contributed by atoms with Crippen molar-refractivity contribution in [3.63, 3.8) is 0 Å². The van der Waals surface area contributed by atoms with Gasteiger partial charge in [-0.15, -0.1) is 0 Å². The highest BCUT2D eigenvalue weighted by Crippen LogP contribution is 2.28. The SMILES string of the molecule is CN1CC[C@@](O)(C#Cc2cccc(-n3nc(C(N)=O)c4cc(-c5cnn(C)c5)ccc43)c2)C1=O. The lowest BCUT2D eigenvalue weighted by Gasteiger charge is -2.13. The topological polar surface area (TPSA) is 119 Å². The molecule has 1 saturated heterocycles. The quantitative estimate of drug-likeness (QED) is 0.455. The van der Waals surface area contributed by atoms with Crippen LogP contribution in [0.2, 0.25) is 0 Å². The molecule has 0 spiro atoms. The second kappa shape index (κ2) is 7.86. The fourth-order valence-electron chi connectivity index (χ4n) is 4.11. The Morgan fingerprint density at radius 3 is 2.68 bits per heavy atom. The first kappa shape index (κ1) is 21.4. The van der Waals surface area contributed by atoms with Gasteiger partial charge >= 0.3 is 0 Å². The minimum atomic E-state index is -1.68. The summed E-state index contributed by atoms with van der Waals surface area (Å²) >= 11 is 0. The molecular formula is C25H22N6O3. The molecule has 3 N–H and O–H groups in total. The molecule has 3 heterocycles. The summed E-state index contributed by atoms with van der Waals surface area (Å²) in [6.45, 7) is 0.459. The number of amides is 2. The number of rotatable bonds is 3. The zero-order valence-corrected chi connectivity index (χ0v) is 18.7. The van der Waals surface area contributed by atoms with Gasteiger partial charge in [0, 0.05) is 49.8 Å². The maximum Gasteiger partial charge on any atom is 0.269 e. The van der Waals surface area contributed by atoms with Crippen LogP contribution in [0, 0.1) is 11.8 Å². The number of nitrogens with two attached hydrogens (primary N) is 1. The zero-order valence-electron chi connectivity index (χ0n) is 18.7. The van der Waals surface area contributed by atoms with Crippen molar-refractivity contribution >= 4 is 22.7 Å². The summed E-state index contributed by atoms with van der Waals surface area (Å²) in [5.74, 6) is 4.60. The van der Waals surface area contributed by atoms with Crippen LogP contribution in [0.1, 0.15) is 22.5 Å². The molecule has 0 radical (unpaired) electrons. The highest BCUT2D eigenvalue weighted by Gasteiger charge is 2.42. The third-order valence-corrected chi connectivity index (χ3v) is 5.97. The lowest BCUT2D eigenvalue weighted by molar-refractivity contribution is -0.137. The molecule has 1 atom stereocenters. The number of primary amides is 1. The van der Waals surface area contributed by atoms with Gasteiger partial charge in [0.15, 0.2) is 5.69 Å². The first-order valence-electron chi connectivity index (χ1n) is 10.7. The van der Waals surface area contributed by atoms with Crippen LogP contribution in [0.3, 0.4) is 0 Å². The van der Waals surface area contributed by atoms with E-state index in [0.717, 1.165) is 11.1 Å². The minimum Gasteiger partial charge on any atom is -0.369 e. The molecule has 2 aromatic carbocycles. The Morgan fingerprint density at radius 1 is 1.18 bits per heavy atom. The predicted molar refractivity (Wildman–Crippen MR) is 126 cm³/mol. The van der Waals surface area contributed by atoms with E-state index >= 15 is 0 Å². The number of carbonyl (C=O) groups is 2. The van der Waals surface area contributed by atoms with E-state index in [1.807, 2.05) is 37.5 Å². The van der Waals surface area contributed by atoms with Crippen molar-refractivity contribution in [2.45, 2.75) is 12.0 Å². The number of hydrogen-bond donors (Lipinski definition) is 2.